The van der Waals surface area contributed by atoms with Gasteiger partial charge in [0.25, 0.3) is 0 Å². The fourth-order valence-corrected chi connectivity index (χ4v) is 4.59. The van der Waals surface area contributed by atoms with E-state index in [0.717, 1.165) is 5.70 Å². The number of hydrogen-bond acceptors (Lipinski definition) is 6. The van der Waals surface area contributed by atoms with Crippen molar-refractivity contribution in [1.29, 1.82) is 0 Å². The summed E-state index contributed by atoms with van der Waals surface area (Å²) in [4.78, 5) is 39.8. The van der Waals surface area contributed by atoms with Crippen molar-refractivity contribution < 1.29 is 18.7 Å². The first-order chi connectivity index (χ1) is 14.6. The molecule has 1 N–H and O–H groups in total. The molecule has 0 saturated carbocycles. The Morgan fingerprint density at radius 1 is 1.19 bits per heavy atom. The van der Waals surface area contributed by atoms with Gasteiger partial charge in [0, 0.05) is 29.0 Å². The normalized spacial score (nSPS) is 20.7. The highest BCUT2D eigenvalue weighted by molar-refractivity contribution is 6.04. The molecule has 1 atom stereocenters. The molecule has 4 rings (SSSR count). The highest BCUT2D eigenvalue weighted by atomic mass is 16.5. The van der Waals surface area contributed by atoms with E-state index in [0.29, 0.717) is 35.1 Å². The Labute approximate surface area is 181 Å². The van der Waals surface area contributed by atoms with Gasteiger partial charge >= 0.3 is 5.97 Å². The van der Waals surface area contributed by atoms with Crippen LogP contribution < -0.4 is 10.7 Å². The maximum atomic E-state index is 13.4. The van der Waals surface area contributed by atoms with E-state index in [2.05, 4.69) is 5.32 Å². The number of hydrogen-bond donors (Lipinski definition) is 1. The Bertz CT molecular complexity index is 1210. The average Bonchev–Trinajstić information content (AvgIpc) is 2.65. The van der Waals surface area contributed by atoms with E-state index in [1.54, 1.807) is 45.0 Å². The summed E-state index contributed by atoms with van der Waals surface area (Å²) in [5, 5.41) is 3.69. The van der Waals surface area contributed by atoms with Crippen LogP contribution in [0.1, 0.15) is 58.9 Å². The summed E-state index contributed by atoms with van der Waals surface area (Å²) in [7, 11) is 0. The summed E-state index contributed by atoms with van der Waals surface area (Å²) < 4.78 is 11.2. The van der Waals surface area contributed by atoms with Crippen molar-refractivity contribution in [3.05, 3.63) is 68.9 Å². The van der Waals surface area contributed by atoms with E-state index in [4.69, 9.17) is 9.15 Å². The van der Waals surface area contributed by atoms with Gasteiger partial charge in [0.2, 0.25) is 0 Å². The van der Waals surface area contributed by atoms with Gasteiger partial charge in [0.1, 0.15) is 5.58 Å². The van der Waals surface area contributed by atoms with Gasteiger partial charge in [0.05, 0.1) is 29.2 Å². The Morgan fingerprint density at radius 2 is 1.90 bits per heavy atom. The lowest BCUT2D eigenvalue weighted by Gasteiger charge is -2.39. The second-order valence-corrected chi connectivity index (χ2v) is 9.40. The first-order valence-corrected chi connectivity index (χ1v) is 10.5. The van der Waals surface area contributed by atoms with E-state index in [9.17, 15) is 14.4 Å². The van der Waals surface area contributed by atoms with Crippen LogP contribution in [0.15, 0.2) is 62.3 Å². The molecule has 0 unspecified atom stereocenters. The number of fused-ring (bicyclic) bond motifs is 1. The predicted octanol–water partition coefficient (Wildman–Crippen LogP) is 4.35. The third kappa shape index (κ3) is 3.71. The Hall–Kier alpha value is -3.15. The topological polar surface area (TPSA) is 85.6 Å². The van der Waals surface area contributed by atoms with Crippen LogP contribution in [0.25, 0.3) is 11.0 Å². The largest absolute Gasteiger partial charge is 0.464 e. The molecule has 2 aromatic rings. The SMILES string of the molecule is CC1=C(C(=O)OC(C)C)[C@@H](c2coc3ccccc3c2=O)C2=C(CC(C)(C)CC2=O)N1. The van der Waals surface area contributed by atoms with Crippen molar-refractivity contribution in [2.24, 2.45) is 5.41 Å². The van der Waals surface area contributed by atoms with Gasteiger partial charge in [-0.3, -0.25) is 9.59 Å². The molecule has 0 amide bonds. The molecule has 0 radical (unpaired) electrons. The zero-order chi connectivity index (χ0) is 22.5. The number of Topliss-reactive ketones (excluding diaryl/α,β-unsaturated/α-hetero) is 1. The lowest BCUT2D eigenvalue weighted by atomic mass is 9.68. The lowest BCUT2D eigenvalue weighted by Crippen LogP contribution is -2.40. The minimum atomic E-state index is -0.827. The third-order valence-electron chi connectivity index (χ3n) is 5.82. The van der Waals surface area contributed by atoms with Gasteiger partial charge < -0.3 is 14.5 Å². The molecule has 1 aromatic heterocycles. The zero-order valence-corrected chi connectivity index (χ0v) is 18.5. The van der Waals surface area contributed by atoms with E-state index in [1.807, 2.05) is 13.8 Å². The van der Waals surface area contributed by atoms with Crippen LogP contribution in [-0.2, 0) is 14.3 Å². The van der Waals surface area contributed by atoms with E-state index in [-0.39, 0.29) is 33.9 Å². The van der Waals surface area contributed by atoms with Crippen LogP contribution in [0, 0.1) is 5.41 Å². The first kappa shape index (κ1) is 21.1. The molecule has 1 aromatic carbocycles. The Kier molecular flexibility index (Phi) is 5.12. The summed E-state index contributed by atoms with van der Waals surface area (Å²) in [6.45, 7) is 9.39. The van der Waals surface area contributed by atoms with Crippen molar-refractivity contribution in [3.63, 3.8) is 0 Å². The number of allylic oxidation sites excluding steroid dienone is 3. The summed E-state index contributed by atoms with van der Waals surface area (Å²) in [6, 6.07) is 6.96. The second kappa shape index (κ2) is 7.52. The van der Waals surface area contributed by atoms with Gasteiger partial charge in [-0.15, -0.1) is 0 Å². The number of rotatable bonds is 3. The number of benzene rings is 1. The molecule has 2 aliphatic rings. The molecule has 0 bridgehead atoms. The van der Waals surface area contributed by atoms with Gasteiger partial charge in [-0.1, -0.05) is 26.0 Å². The minimum absolute atomic E-state index is 0.0707. The molecule has 162 valence electrons. The number of esters is 1. The smallest absolute Gasteiger partial charge is 0.337 e. The summed E-state index contributed by atoms with van der Waals surface area (Å²) >= 11 is 0. The molecule has 6 heteroatoms. The van der Waals surface area contributed by atoms with Crippen LogP contribution in [0.5, 0.6) is 0 Å². The van der Waals surface area contributed by atoms with Gasteiger partial charge in [-0.05, 0) is 44.7 Å². The maximum absolute atomic E-state index is 13.4. The highest BCUT2D eigenvalue weighted by Crippen LogP contribution is 2.46. The molecular weight excluding hydrogens is 394 g/mol. The van der Waals surface area contributed by atoms with Crippen molar-refractivity contribution in [2.45, 2.75) is 59.5 Å². The monoisotopic (exact) mass is 421 g/mol. The average molecular weight is 421 g/mol. The maximum Gasteiger partial charge on any atom is 0.337 e. The molecule has 1 aliphatic carbocycles. The van der Waals surface area contributed by atoms with Crippen LogP contribution in [0.2, 0.25) is 0 Å². The number of dihydropyridines is 1. The molecule has 31 heavy (non-hydrogen) atoms. The van der Waals surface area contributed by atoms with E-state index < -0.39 is 11.9 Å². The number of para-hydroxylation sites is 1. The van der Waals surface area contributed by atoms with Crippen molar-refractivity contribution in [2.75, 3.05) is 0 Å². The fraction of sp³-hybridized carbons (Fsp3) is 0.400. The fourth-order valence-electron chi connectivity index (χ4n) is 4.59. The third-order valence-corrected chi connectivity index (χ3v) is 5.82. The number of ether oxygens (including phenoxy) is 1. The Balaban J connectivity index is 1.97. The summed E-state index contributed by atoms with van der Waals surface area (Å²) in [6.07, 6.45) is 2.04. The number of ketones is 1. The van der Waals surface area contributed by atoms with Crippen molar-refractivity contribution in [3.8, 4) is 0 Å². The zero-order valence-electron chi connectivity index (χ0n) is 18.5. The molecule has 1 aliphatic heterocycles. The van der Waals surface area contributed by atoms with Gasteiger partial charge in [0.15, 0.2) is 11.2 Å². The Morgan fingerprint density at radius 3 is 2.61 bits per heavy atom. The quantitative estimate of drug-likeness (QED) is 0.742. The first-order valence-electron chi connectivity index (χ1n) is 10.5. The minimum Gasteiger partial charge on any atom is -0.464 e. The van der Waals surface area contributed by atoms with Crippen LogP contribution >= 0.6 is 0 Å². The van der Waals surface area contributed by atoms with Gasteiger partial charge in [-0.25, -0.2) is 4.79 Å². The predicted molar refractivity (Wildman–Crippen MR) is 117 cm³/mol. The van der Waals surface area contributed by atoms with Crippen LogP contribution in [-0.4, -0.2) is 17.9 Å². The van der Waals surface area contributed by atoms with Crippen LogP contribution in [0.4, 0.5) is 0 Å². The molecule has 0 fully saturated rings. The van der Waals surface area contributed by atoms with E-state index >= 15 is 0 Å². The highest BCUT2D eigenvalue weighted by Gasteiger charge is 2.44. The molecule has 6 nitrogen and oxygen atoms in total. The van der Waals surface area contributed by atoms with Crippen LogP contribution in [0.3, 0.4) is 0 Å². The molecule has 0 spiro atoms. The molecular formula is C25H27NO5. The lowest BCUT2D eigenvalue weighted by molar-refractivity contribution is -0.143. The molecule has 2 heterocycles. The van der Waals surface area contributed by atoms with E-state index in [1.165, 1.54) is 6.26 Å². The summed E-state index contributed by atoms with van der Waals surface area (Å²) in [5.74, 6) is -1.44. The number of carbonyl (C=O) groups is 2. The second-order valence-electron chi connectivity index (χ2n) is 9.40. The van der Waals surface area contributed by atoms with Crippen molar-refractivity contribution >= 4 is 22.7 Å². The van der Waals surface area contributed by atoms with Crippen molar-refractivity contribution in [1.82, 2.24) is 5.32 Å². The number of nitrogens with one attached hydrogen (secondary N) is 1. The van der Waals surface area contributed by atoms with Gasteiger partial charge in [-0.2, -0.15) is 0 Å². The number of carbonyl (C=O) groups excluding carboxylic acids is 2. The molecule has 0 saturated heterocycles. The standard InChI is InChI=1S/C25H27NO5/c1-13(2)31-24(29)20-14(3)26-17-10-25(4,5)11-18(27)22(17)21(20)16-12-30-19-9-7-6-8-15(19)23(16)28/h6-9,12-13,21,26H,10-11H2,1-5H3/t21-/m1/s1. The summed E-state index contributed by atoms with van der Waals surface area (Å²) in [5.41, 5.74) is 2.37.